The number of anilines is 1. The maximum atomic E-state index is 5.47. The Balaban J connectivity index is 2.54. The van der Waals surface area contributed by atoms with E-state index in [1.807, 2.05) is 32.0 Å². The van der Waals surface area contributed by atoms with Gasteiger partial charge in [-0.3, -0.25) is 0 Å². The molecule has 0 bridgehead atoms. The highest BCUT2D eigenvalue weighted by Crippen LogP contribution is 2.06. The molecule has 0 unspecified atom stereocenters. The van der Waals surface area contributed by atoms with Gasteiger partial charge in [0.2, 0.25) is 0 Å². The standard InChI is InChI=1S/C11H18N2O/c1-4-12-11-7-5-6-10(13-11)8-14-9(2)3/h5-7,9H,4,8H2,1-3H3,(H,12,13). The van der Waals surface area contributed by atoms with Gasteiger partial charge in [0.15, 0.2) is 0 Å². The van der Waals surface area contributed by atoms with Crippen LogP contribution in [0.15, 0.2) is 18.2 Å². The van der Waals surface area contributed by atoms with Crippen molar-refractivity contribution in [2.24, 2.45) is 0 Å². The lowest BCUT2D eigenvalue weighted by atomic mass is 10.3. The molecular formula is C11H18N2O. The molecule has 1 heterocycles. The maximum absolute atomic E-state index is 5.47. The Hall–Kier alpha value is -1.09. The summed E-state index contributed by atoms with van der Waals surface area (Å²) in [7, 11) is 0. The zero-order chi connectivity index (χ0) is 10.4. The van der Waals surface area contributed by atoms with E-state index in [1.165, 1.54) is 0 Å². The van der Waals surface area contributed by atoms with E-state index in [-0.39, 0.29) is 6.10 Å². The van der Waals surface area contributed by atoms with Gasteiger partial charge in [0, 0.05) is 6.54 Å². The molecule has 3 nitrogen and oxygen atoms in total. The summed E-state index contributed by atoms with van der Waals surface area (Å²) in [5.41, 5.74) is 0.970. The lowest BCUT2D eigenvalue weighted by Gasteiger charge is -2.08. The van der Waals surface area contributed by atoms with E-state index >= 15 is 0 Å². The smallest absolute Gasteiger partial charge is 0.126 e. The van der Waals surface area contributed by atoms with Crippen LogP contribution in [0.4, 0.5) is 5.82 Å². The minimum atomic E-state index is 0.250. The lowest BCUT2D eigenvalue weighted by molar-refractivity contribution is 0.0636. The molecule has 1 N–H and O–H groups in total. The second-order valence-corrected chi connectivity index (χ2v) is 3.40. The fraction of sp³-hybridized carbons (Fsp3) is 0.545. The summed E-state index contributed by atoms with van der Waals surface area (Å²) in [6.45, 7) is 7.57. The first kappa shape index (κ1) is 11.0. The summed E-state index contributed by atoms with van der Waals surface area (Å²) in [5.74, 6) is 0.914. The van der Waals surface area contributed by atoms with E-state index < -0.39 is 0 Å². The Morgan fingerprint density at radius 1 is 1.43 bits per heavy atom. The molecule has 1 rings (SSSR count). The third kappa shape index (κ3) is 3.75. The average molecular weight is 194 g/mol. The highest BCUT2D eigenvalue weighted by Gasteiger charge is 1.98. The van der Waals surface area contributed by atoms with Crippen molar-refractivity contribution >= 4 is 5.82 Å². The molecule has 78 valence electrons. The summed E-state index contributed by atoms with van der Waals surface area (Å²) in [6.07, 6.45) is 0.250. The highest BCUT2D eigenvalue weighted by molar-refractivity contribution is 5.34. The first-order valence-corrected chi connectivity index (χ1v) is 5.03. The first-order valence-electron chi connectivity index (χ1n) is 5.03. The predicted octanol–water partition coefficient (Wildman–Crippen LogP) is 2.44. The van der Waals surface area contributed by atoms with E-state index in [1.54, 1.807) is 0 Å². The van der Waals surface area contributed by atoms with E-state index in [0.29, 0.717) is 6.61 Å². The average Bonchev–Trinajstić information content (AvgIpc) is 2.16. The van der Waals surface area contributed by atoms with Gasteiger partial charge < -0.3 is 10.1 Å². The van der Waals surface area contributed by atoms with Crippen molar-refractivity contribution < 1.29 is 4.74 Å². The van der Waals surface area contributed by atoms with Crippen molar-refractivity contribution in [3.63, 3.8) is 0 Å². The number of aromatic nitrogens is 1. The number of hydrogen-bond donors (Lipinski definition) is 1. The molecule has 0 aliphatic heterocycles. The van der Waals surface area contributed by atoms with Crippen LogP contribution in [0.25, 0.3) is 0 Å². The monoisotopic (exact) mass is 194 g/mol. The molecule has 1 aromatic heterocycles. The molecule has 0 saturated carbocycles. The zero-order valence-electron chi connectivity index (χ0n) is 9.08. The normalized spacial score (nSPS) is 10.6. The van der Waals surface area contributed by atoms with Crippen LogP contribution in [0.3, 0.4) is 0 Å². The summed E-state index contributed by atoms with van der Waals surface area (Å²) < 4.78 is 5.47. The van der Waals surface area contributed by atoms with Gasteiger partial charge in [0.05, 0.1) is 18.4 Å². The number of ether oxygens (including phenoxy) is 1. The van der Waals surface area contributed by atoms with Gasteiger partial charge in [-0.1, -0.05) is 6.07 Å². The molecule has 14 heavy (non-hydrogen) atoms. The Kier molecular flexibility index (Phi) is 4.40. The van der Waals surface area contributed by atoms with Crippen molar-refractivity contribution in [1.82, 2.24) is 4.98 Å². The zero-order valence-corrected chi connectivity index (χ0v) is 9.08. The van der Waals surface area contributed by atoms with Crippen LogP contribution < -0.4 is 5.32 Å². The van der Waals surface area contributed by atoms with Gasteiger partial charge in [-0.2, -0.15) is 0 Å². The second kappa shape index (κ2) is 5.60. The van der Waals surface area contributed by atoms with E-state index in [2.05, 4.69) is 17.2 Å². The van der Waals surface area contributed by atoms with Gasteiger partial charge in [-0.15, -0.1) is 0 Å². The number of hydrogen-bond acceptors (Lipinski definition) is 3. The number of pyridine rings is 1. The van der Waals surface area contributed by atoms with Crippen LogP contribution in [0.1, 0.15) is 26.5 Å². The molecule has 0 atom stereocenters. The van der Waals surface area contributed by atoms with Crippen LogP contribution in [-0.2, 0) is 11.3 Å². The fourth-order valence-electron chi connectivity index (χ4n) is 1.09. The molecule has 0 aromatic carbocycles. The van der Waals surface area contributed by atoms with Gasteiger partial charge in [-0.05, 0) is 32.9 Å². The van der Waals surface area contributed by atoms with Crippen LogP contribution in [-0.4, -0.2) is 17.6 Å². The Morgan fingerprint density at radius 2 is 2.21 bits per heavy atom. The number of nitrogens with zero attached hydrogens (tertiary/aromatic N) is 1. The molecule has 0 fully saturated rings. The van der Waals surface area contributed by atoms with E-state index in [9.17, 15) is 0 Å². The van der Waals surface area contributed by atoms with Gasteiger partial charge in [-0.25, -0.2) is 4.98 Å². The predicted molar refractivity (Wildman–Crippen MR) is 58.3 cm³/mol. The van der Waals surface area contributed by atoms with Crippen LogP contribution in [0.2, 0.25) is 0 Å². The Morgan fingerprint density at radius 3 is 2.86 bits per heavy atom. The molecule has 0 radical (unpaired) electrons. The third-order valence-electron chi connectivity index (χ3n) is 1.73. The molecule has 0 aliphatic rings. The maximum Gasteiger partial charge on any atom is 0.126 e. The molecule has 1 aromatic rings. The summed E-state index contributed by atoms with van der Waals surface area (Å²) in [6, 6.07) is 5.93. The summed E-state index contributed by atoms with van der Waals surface area (Å²) in [4.78, 5) is 4.40. The second-order valence-electron chi connectivity index (χ2n) is 3.40. The molecule has 0 amide bonds. The van der Waals surface area contributed by atoms with Crippen molar-refractivity contribution in [2.45, 2.75) is 33.5 Å². The van der Waals surface area contributed by atoms with Crippen LogP contribution in [0.5, 0.6) is 0 Å². The van der Waals surface area contributed by atoms with Crippen molar-refractivity contribution in [3.8, 4) is 0 Å². The summed E-state index contributed by atoms with van der Waals surface area (Å²) >= 11 is 0. The van der Waals surface area contributed by atoms with Crippen LogP contribution in [0, 0.1) is 0 Å². The third-order valence-corrected chi connectivity index (χ3v) is 1.73. The van der Waals surface area contributed by atoms with Gasteiger partial charge >= 0.3 is 0 Å². The number of nitrogens with one attached hydrogen (secondary N) is 1. The minimum Gasteiger partial charge on any atom is -0.373 e. The Bertz CT molecular complexity index is 274. The fourth-order valence-corrected chi connectivity index (χ4v) is 1.09. The van der Waals surface area contributed by atoms with Crippen LogP contribution >= 0.6 is 0 Å². The largest absolute Gasteiger partial charge is 0.373 e. The van der Waals surface area contributed by atoms with E-state index in [4.69, 9.17) is 4.74 Å². The molecule has 0 aliphatic carbocycles. The lowest BCUT2D eigenvalue weighted by Crippen LogP contribution is -2.05. The molecule has 0 saturated heterocycles. The van der Waals surface area contributed by atoms with Gasteiger partial charge in [0.1, 0.15) is 5.82 Å². The Labute approximate surface area is 85.5 Å². The number of rotatable bonds is 5. The molecular weight excluding hydrogens is 176 g/mol. The quantitative estimate of drug-likeness (QED) is 0.781. The van der Waals surface area contributed by atoms with Crippen molar-refractivity contribution in [2.75, 3.05) is 11.9 Å². The van der Waals surface area contributed by atoms with E-state index in [0.717, 1.165) is 18.1 Å². The highest BCUT2D eigenvalue weighted by atomic mass is 16.5. The first-order chi connectivity index (χ1) is 6.72. The SMILES string of the molecule is CCNc1cccc(COC(C)C)n1. The minimum absolute atomic E-state index is 0.250. The summed E-state index contributed by atoms with van der Waals surface area (Å²) in [5, 5.41) is 3.17. The topological polar surface area (TPSA) is 34.1 Å². The van der Waals surface area contributed by atoms with Crippen molar-refractivity contribution in [3.05, 3.63) is 23.9 Å². The molecule has 3 heteroatoms. The molecule has 0 spiro atoms. The van der Waals surface area contributed by atoms with Gasteiger partial charge in [0.25, 0.3) is 0 Å². The van der Waals surface area contributed by atoms with Crippen molar-refractivity contribution in [1.29, 1.82) is 0 Å².